The number of ether oxygens (including phenoxy) is 1. The molecule has 0 amide bonds. The van der Waals surface area contributed by atoms with Gasteiger partial charge in [-0.2, -0.15) is 5.26 Å². The highest BCUT2D eigenvalue weighted by Gasteiger charge is 2.38. The minimum absolute atomic E-state index is 0.317. The normalized spacial score (nSPS) is 22.3. The summed E-state index contributed by atoms with van der Waals surface area (Å²) in [6.07, 6.45) is 6.66. The number of nitriles is 1. The highest BCUT2D eigenvalue weighted by molar-refractivity contribution is 7.12. The zero-order valence-electron chi connectivity index (χ0n) is 13.1. The molecule has 1 saturated carbocycles. The summed E-state index contributed by atoms with van der Waals surface area (Å²) in [5.74, 6) is 0. The number of hydrogen-bond acceptors (Lipinski definition) is 5. The maximum absolute atomic E-state index is 8.91. The molecule has 0 radical (unpaired) electrons. The Morgan fingerprint density at radius 3 is 2.68 bits per heavy atom. The maximum atomic E-state index is 8.91. The molecule has 1 aromatic rings. The van der Waals surface area contributed by atoms with E-state index in [0.717, 1.165) is 44.3 Å². The van der Waals surface area contributed by atoms with Crippen LogP contribution in [0.4, 0.5) is 0 Å². The van der Waals surface area contributed by atoms with E-state index in [1.165, 1.54) is 37.0 Å². The van der Waals surface area contributed by atoms with Crippen molar-refractivity contribution >= 4 is 11.3 Å². The molecule has 1 aromatic heterocycles. The maximum Gasteiger partial charge on any atom is 0.110 e. The van der Waals surface area contributed by atoms with Crippen LogP contribution in [0.25, 0.3) is 0 Å². The van der Waals surface area contributed by atoms with Gasteiger partial charge in [0.15, 0.2) is 0 Å². The van der Waals surface area contributed by atoms with Gasteiger partial charge < -0.3 is 10.1 Å². The number of hydrogen-bond donors (Lipinski definition) is 1. The summed E-state index contributed by atoms with van der Waals surface area (Å²) in [5.41, 5.74) is 0.317. The van der Waals surface area contributed by atoms with E-state index in [2.05, 4.69) is 22.4 Å². The zero-order valence-corrected chi connectivity index (χ0v) is 14.0. The molecule has 0 unspecified atom stereocenters. The first-order chi connectivity index (χ1) is 10.8. The number of morpholine rings is 1. The molecule has 0 spiro atoms. The van der Waals surface area contributed by atoms with Gasteiger partial charge in [0.05, 0.1) is 13.2 Å². The van der Waals surface area contributed by atoms with Gasteiger partial charge in [0, 0.05) is 36.6 Å². The fraction of sp³-hybridized carbons (Fsp3) is 0.706. The smallest absolute Gasteiger partial charge is 0.110 e. The standard InChI is InChI=1S/C17H25N3OS/c18-12-15-4-5-16(22-15)13-19-14-17(6-2-1-3-7-17)20-8-10-21-11-9-20/h4-5,19H,1-3,6-11,13-14H2. The highest BCUT2D eigenvalue weighted by Crippen LogP contribution is 2.34. The molecule has 1 saturated heterocycles. The Morgan fingerprint density at radius 2 is 2.00 bits per heavy atom. The van der Waals surface area contributed by atoms with Crippen molar-refractivity contribution in [1.82, 2.24) is 10.2 Å². The molecule has 5 heteroatoms. The summed E-state index contributed by atoms with van der Waals surface area (Å²) in [5, 5.41) is 12.6. The molecule has 22 heavy (non-hydrogen) atoms. The third kappa shape index (κ3) is 3.69. The summed E-state index contributed by atoms with van der Waals surface area (Å²) < 4.78 is 5.53. The summed E-state index contributed by atoms with van der Waals surface area (Å²) in [6, 6.07) is 6.20. The largest absolute Gasteiger partial charge is 0.379 e. The van der Waals surface area contributed by atoms with Crippen molar-refractivity contribution < 1.29 is 4.74 Å². The fourth-order valence-electron chi connectivity index (χ4n) is 3.80. The molecular weight excluding hydrogens is 294 g/mol. The first-order valence-electron chi connectivity index (χ1n) is 8.35. The van der Waals surface area contributed by atoms with Crippen LogP contribution in [-0.4, -0.2) is 43.3 Å². The molecule has 4 nitrogen and oxygen atoms in total. The molecule has 0 bridgehead atoms. The summed E-state index contributed by atoms with van der Waals surface area (Å²) in [6.45, 7) is 5.81. The first kappa shape index (κ1) is 15.9. The molecule has 2 fully saturated rings. The van der Waals surface area contributed by atoms with Gasteiger partial charge in [-0.05, 0) is 25.0 Å². The van der Waals surface area contributed by atoms with E-state index in [0.29, 0.717) is 5.54 Å². The van der Waals surface area contributed by atoms with Gasteiger partial charge in [0.2, 0.25) is 0 Å². The van der Waals surface area contributed by atoms with Gasteiger partial charge >= 0.3 is 0 Å². The van der Waals surface area contributed by atoms with Crippen molar-refractivity contribution in [3.05, 3.63) is 21.9 Å². The van der Waals surface area contributed by atoms with Crippen LogP contribution < -0.4 is 5.32 Å². The molecule has 3 rings (SSSR count). The van der Waals surface area contributed by atoms with Gasteiger partial charge in [0.1, 0.15) is 10.9 Å². The van der Waals surface area contributed by atoms with Gasteiger partial charge in [-0.25, -0.2) is 0 Å². The molecule has 1 aliphatic carbocycles. The van der Waals surface area contributed by atoms with Crippen molar-refractivity contribution in [2.24, 2.45) is 0 Å². The minimum atomic E-state index is 0.317. The van der Waals surface area contributed by atoms with E-state index in [4.69, 9.17) is 10.00 Å². The van der Waals surface area contributed by atoms with Crippen LogP contribution in [0, 0.1) is 11.3 Å². The SMILES string of the molecule is N#Cc1ccc(CNCC2(N3CCOCC3)CCCCC2)s1. The second-order valence-electron chi connectivity index (χ2n) is 6.37. The van der Waals surface area contributed by atoms with Crippen molar-refractivity contribution in [2.45, 2.75) is 44.2 Å². The first-order valence-corrected chi connectivity index (χ1v) is 9.16. The lowest BCUT2D eigenvalue weighted by Crippen LogP contribution is -2.59. The molecule has 1 aliphatic heterocycles. The molecule has 1 N–H and O–H groups in total. The molecule has 120 valence electrons. The Hall–Kier alpha value is -0.930. The van der Waals surface area contributed by atoms with Crippen LogP contribution in [0.1, 0.15) is 41.9 Å². The summed E-state index contributed by atoms with van der Waals surface area (Å²) >= 11 is 1.60. The second-order valence-corrected chi connectivity index (χ2v) is 7.53. The van der Waals surface area contributed by atoms with Crippen LogP contribution in [0.15, 0.2) is 12.1 Å². The third-order valence-electron chi connectivity index (χ3n) is 4.99. The van der Waals surface area contributed by atoms with E-state index < -0.39 is 0 Å². The van der Waals surface area contributed by atoms with Crippen LogP contribution in [0.5, 0.6) is 0 Å². The molecular formula is C17H25N3OS. The van der Waals surface area contributed by atoms with Crippen molar-refractivity contribution in [3.8, 4) is 6.07 Å². The second kappa shape index (κ2) is 7.56. The van der Waals surface area contributed by atoms with Crippen molar-refractivity contribution in [3.63, 3.8) is 0 Å². The summed E-state index contributed by atoms with van der Waals surface area (Å²) in [4.78, 5) is 4.72. The van der Waals surface area contributed by atoms with E-state index in [9.17, 15) is 0 Å². The molecule has 2 heterocycles. The monoisotopic (exact) mass is 319 g/mol. The van der Waals surface area contributed by atoms with Gasteiger partial charge in [0.25, 0.3) is 0 Å². The average molecular weight is 319 g/mol. The Labute approximate surface area is 137 Å². The molecule has 2 aliphatic rings. The Kier molecular flexibility index (Phi) is 5.48. The lowest BCUT2D eigenvalue weighted by atomic mass is 9.79. The Balaban J connectivity index is 1.59. The van der Waals surface area contributed by atoms with Crippen LogP contribution in [0.2, 0.25) is 0 Å². The quantitative estimate of drug-likeness (QED) is 0.906. The van der Waals surface area contributed by atoms with Gasteiger partial charge in [-0.1, -0.05) is 19.3 Å². The Morgan fingerprint density at radius 1 is 1.23 bits per heavy atom. The number of rotatable bonds is 5. The number of thiophene rings is 1. The highest BCUT2D eigenvalue weighted by atomic mass is 32.1. The van der Waals surface area contributed by atoms with Crippen LogP contribution in [0.3, 0.4) is 0 Å². The number of nitrogens with one attached hydrogen (secondary N) is 1. The lowest BCUT2D eigenvalue weighted by molar-refractivity contribution is -0.0369. The van der Waals surface area contributed by atoms with Crippen LogP contribution >= 0.6 is 11.3 Å². The van der Waals surface area contributed by atoms with Crippen LogP contribution in [-0.2, 0) is 11.3 Å². The number of nitrogens with zero attached hydrogens (tertiary/aromatic N) is 2. The Bertz CT molecular complexity index is 510. The van der Waals surface area contributed by atoms with E-state index in [-0.39, 0.29) is 0 Å². The third-order valence-corrected chi connectivity index (χ3v) is 5.98. The van der Waals surface area contributed by atoms with Gasteiger partial charge in [-0.3, -0.25) is 4.90 Å². The predicted molar refractivity (Wildman–Crippen MR) is 88.9 cm³/mol. The predicted octanol–water partition coefficient (Wildman–Crippen LogP) is 2.74. The van der Waals surface area contributed by atoms with Crippen molar-refractivity contribution in [1.29, 1.82) is 5.26 Å². The topological polar surface area (TPSA) is 48.3 Å². The van der Waals surface area contributed by atoms with Gasteiger partial charge in [-0.15, -0.1) is 11.3 Å². The zero-order chi connectivity index (χ0) is 15.3. The van der Waals surface area contributed by atoms with Crippen molar-refractivity contribution in [2.75, 3.05) is 32.8 Å². The fourth-order valence-corrected chi connectivity index (χ4v) is 4.58. The van der Waals surface area contributed by atoms with E-state index in [1.54, 1.807) is 11.3 Å². The van der Waals surface area contributed by atoms with E-state index >= 15 is 0 Å². The minimum Gasteiger partial charge on any atom is -0.379 e. The average Bonchev–Trinajstić information content (AvgIpc) is 3.05. The van der Waals surface area contributed by atoms with E-state index in [1.807, 2.05) is 6.07 Å². The molecule has 0 atom stereocenters. The lowest BCUT2D eigenvalue weighted by Gasteiger charge is -2.48. The molecule has 0 aromatic carbocycles. The summed E-state index contributed by atoms with van der Waals surface area (Å²) in [7, 11) is 0.